The highest BCUT2D eigenvalue weighted by Gasteiger charge is 2.25. The first kappa shape index (κ1) is 41.5. The van der Waals surface area contributed by atoms with Crippen LogP contribution in [-0.2, 0) is 27.1 Å². The number of benzene rings is 4. The smallest absolute Gasteiger partial charge is 0.219 e. The van der Waals surface area contributed by atoms with Crippen molar-refractivity contribution in [1.29, 1.82) is 0 Å². The number of pyridine rings is 1. The minimum Gasteiger partial charge on any atom is -0.457 e. The molecule has 0 atom stereocenters. The van der Waals surface area contributed by atoms with Crippen molar-refractivity contribution in [2.75, 3.05) is 0 Å². The molecule has 0 unspecified atom stereocenters. The Kier molecular flexibility index (Phi) is 10.9. The molecule has 0 aliphatic rings. The van der Waals surface area contributed by atoms with Crippen LogP contribution in [0.3, 0.4) is 0 Å². The molecule has 0 bridgehead atoms. The maximum Gasteiger partial charge on any atom is 0.219 e. The molecule has 0 saturated heterocycles. The predicted molar refractivity (Wildman–Crippen MR) is 239 cm³/mol. The van der Waals surface area contributed by atoms with E-state index in [1.165, 1.54) is 33.4 Å². The van der Waals surface area contributed by atoms with Crippen LogP contribution in [0.5, 0.6) is 23.1 Å². The normalized spacial score (nSPS) is 12.8. The van der Waals surface area contributed by atoms with Gasteiger partial charge in [-0.2, -0.15) is 5.10 Å². The molecule has 5 nitrogen and oxygen atoms in total. The van der Waals surface area contributed by atoms with Crippen LogP contribution in [0.4, 0.5) is 0 Å². The first-order valence-corrected chi connectivity index (χ1v) is 20.3. The molecule has 0 aliphatic carbocycles. The number of rotatable bonds is 7. The minimum atomic E-state index is -0.117. The second kappa shape index (κ2) is 15.0. The van der Waals surface area contributed by atoms with Gasteiger partial charge in [-0.25, -0.2) is 9.67 Å². The molecule has 0 fully saturated rings. The number of hydrogen-bond donors (Lipinski definition) is 0. The molecule has 0 saturated carbocycles. The topological polar surface area (TPSA) is 49.2 Å². The summed E-state index contributed by atoms with van der Waals surface area (Å²) in [7, 11) is 0. The van der Waals surface area contributed by atoms with E-state index in [2.05, 4.69) is 176 Å². The third-order valence-electron chi connectivity index (χ3n) is 10.6. The van der Waals surface area contributed by atoms with E-state index < -0.39 is 0 Å². The van der Waals surface area contributed by atoms with Crippen molar-refractivity contribution in [2.45, 2.75) is 131 Å². The van der Waals surface area contributed by atoms with Crippen molar-refractivity contribution in [3.63, 3.8) is 0 Å². The largest absolute Gasteiger partial charge is 0.457 e. The van der Waals surface area contributed by atoms with Gasteiger partial charge in [-0.3, -0.25) is 0 Å². The summed E-state index contributed by atoms with van der Waals surface area (Å²) in [5.41, 5.74) is 11.8. The summed E-state index contributed by atoms with van der Waals surface area (Å²) in [4.78, 5) is 4.59. The molecule has 0 N–H and O–H groups in total. The quantitative estimate of drug-likeness (QED) is 0.163. The van der Waals surface area contributed by atoms with E-state index in [1.54, 1.807) is 0 Å². The molecule has 2 aromatic heterocycles. The van der Waals surface area contributed by atoms with Crippen LogP contribution in [0, 0.1) is 0 Å². The maximum absolute atomic E-state index is 6.60. The Morgan fingerprint density at radius 1 is 0.456 bits per heavy atom. The van der Waals surface area contributed by atoms with Gasteiger partial charge in [-0.15, -0.1) is 0 Å². The number of hydrogen-bond acceptors (Lipinski definition) is 4. The molecule has 6 aromatic rings. The average Bonchev–Trinajstić information content (AvgIpc) is 3.60. The summed E-state index contributed by atoms with van der Waals surface area (Å²) < 4.78 is 14.9. The van der Waals surface area contributed by atoms with Gasteiger partial charge in [0.05, 0.1) is 11.9 Å². The Balaban J connectivity index is 1.29. The molecule has 57 heavy (non-hydrogen) atoms. The lowest BCUT2D eigenvalue weighted by Gasteiger charge is -2.27. The van der Waals surface area contributed by atoms with E-state index in [9.17, 15) is 0 Å². The zero-order chi connectivity index (χ0) is 41.7. The third kappa shape index (κ3) is 9.87. The van der Waals surface area contributed by atoms with Gasteiger partial charge in [-0.1, -0.05) is 146 Å². The molecule has 0 spiro atoms. The highest BCUT2D eigenvalue weighted by atomic mass is 16.5. The van der Waals surface area contributed by atoms with Crippen LogP contribution < -0.4 is 9.47 Å². The lowest BCUT2D eigenvalue weighted by atomic mass is 9.77. The van der Waals surface area contributed by atoms with E-state index in [0.29, 0.717) is 17.4 Å². The van der Waals surface area contributed by atoms with Gasteiger partial charge in [0.25, 0.3) is 0 Å². The van der Waals surface area contributed by atoms with Crippen LogP contribution in [0.25, 0.3) is 27.9 Å². The third-order valence-corrected chi connectivity index (χ3v) is 10.6. The maximum atomic E-state index is 6.60. The lowest BCUT2D eigenvalue weighted by molar-refractivity contribution is 0.448. The first-order valence-electron chi connectivity index (χ1n) is 20.3. The standard InChI is InChI=1S/C52H63N3O2/c1-48(2,3)37-19-20-45(46(29-37)52(13,14)15)34-21-22-53-47(25-34)57-43-18-16-17-42(31-43)56-44-28-40(51(10,11)12)27-41(30-44)55-33-36(32-54-55)35-23-38(49(4,5)6)26-39(24-35)50(7,8)9/h16-33H,1-15H3. The molecule has 6 rings (SSSR count). The van der Waals surface area contributed by atoms with Gasteiger partial charge in [0.1, 0.15) is 17.2 Å². The summed E-state index contributed by atoms with van der Waals surface area (Å²) in [6.45, 7) is 33.9. The van der Waals surface area contributed by atoms with Crippen molar-refractivity contribution < 1.29 is 9.47 Å². The van der Waals surface area contributed by atoms with Crippen molar-refractivity contribution in [1.82, 2.24) is 14.8 Å². The SMILES string of the molecule is CC(C)(C)c1cc(Oc2cccc(Oc3cc(-c4ccc(C(C)(C)C)cc4C(C)(C)C)ccn3)c2)cc(-n2cc(-c3cc(C(C)(C)C)cc(C(C)(C)C)c3)cn2)c1. The molecule has 4 aromatic carbocycles. The fraction of sp³-hybridized carbons (Fsp3) is 0.385. The van der Waals surface area contributed by atoms with Crippen LogP contribution in [0.1, 0.15) is 132 Å². The second-order valence-corrected chi connectivity index (χ2v) is 20.8. The molecule has 0 amide bonds. The van der Waals surface area contributed by atoms with E-state index in [-0.39, 0.29) is 27.1 Å². The molecule has 5 heteroatoms. The monoisotopic (exact) mass is 761 g/mol. The Hall–Kier alpha value is -5.16. The fourth-order valence-corrected chi connectivity index (χ4v) is 6.85. The zero-order valence-corrected chi connectivity index (χ0v) is 37.1. The van der Waals surface area contributed by atoms with Gasteiger partial charge >= 0.3 is 0 Å². The van der Waals surface area contributed by atoms with E-state index in [1.807, 2.05) is 47.4 Å². The molecule has 2 heterocycles. The fourth-order valence-electron chi connectivity index (χ4n) is 6.85. The van der Waals surface area contributed by atoms with Crippen LogP contribution in [-0.4, -0.2) is 14.8 Å². The molecule has 0 radical (unpaired) electrons. The number of ether oxygens (including phenoxy) is 2. The summed E-state index contributed by atoms with van der Waals surface area (Å²) in [5.74, 6) is 2.57. The zero-order valence-electron chi connectivity index (χ0n) is 37.1. The Morgan fingerprint density at radius 3 is 1.65 bits per heavy atom. The van der Waals surface area contributed by atoms with Crippen molar-refractivity contribution in [3.8, 4) is 51.1 Å². The summed E-state index contributed by atoms with van der Waals surface area (Å²) >= 11 is 0. The number of nitrogens with zero attached hydrogens (tertiary/aromatic N) is 3. The van der Waals surface area contributed by atoms with Gasteiger partial charge in [0.2, 0.25) is 5.88 Å². The molecular formula is C52H63N3O2. The van der Waals surface area contributed by atoms with E-state index in [0.717, 1.165) is 28.1 Å². The van der Waals surface area contributed by atoms with Gasteiger partial charge < -0.3 is 9.47 Å². The van der Waals surface area contributed by atoms with Gasteiger partial charge in [0, 0.05) is 36.2 Å². The van der Waals surface area contributed by atoms with Crippen LogP contribution in [0.2, 0.25) is 0 Å². The summed E-state index contributed by atoms with van der Waals surface area (Å²) in [6.07, 6.45) is 5.91. The summed E-state index contributed by atoms with van der Waals surface area (Å²) in [5, 5.41) is 4.88. The van der Waals surface area contributed by atoms with Crippen LogP contribution in [0.15, 0.2) is 110 Å². The Bertz CT molecular complexity index is 2350. The molecular weight excluding hydrogens is 699 g/mol. The van der Waals surface area contributed by atoms with Crippen molar-refractivity contribution in [3.05, 3.63) is 137 Å². The van der Waals surface area contributed by atoms with E-state index in [4.69, 9.17) is 14.6 Å². The Morgan fingerprint density at radius 2 is 1.05 bits per heavy atom. The minimum absolute atomic E-state index is 0.0250. The lowest BCUT2D eigenvalue weighted by Crippen LogP contribution is -2.17. The molecule has 298 valence electrons. The van der Waals surface area contributed by atoms with Crippen LogP contribution >= 0.6 is 0 Å². The van der Waals surface area contributed by atoms with Crippen molar-refractivity contribution >= 4 is 0 Å². The van der Waals surface area contributed by atoms with E-state index >= 15 is 0 Å². The predicted octanol–water partition coefficient (Wildman–Crippen LogP) is 14.7. The van der Waals surface area contributed by atoms with Gasteiger partial charge in [0.15, 0.2) is 0 Å². The number of aromatic nitrogens is 3. The highest BCUT2D eigenvalue weighted by Crippen LogP contribution is 2.39. The highest BCUT2D eigenvalue weighted by molar-refractivity contribution is 5.70. The Labute approximate surface area is 342 Å². The summed E-state index contributed by atoms with van der Waals surface area (Å²) in [6, 6.07) is 32.0. The molecule has 0 aliphatic heterocycles. The first-order chi connectivity index (χ1) is 26.3. The van der Waals surface area contributed by atoms with Crippen molar-refractivity contribution in [2.24, 2.45) is 0 Å². The average molecular weight is 762 g/mol. The second-order valence-electron chi connectivity index (χ2n) is 20.8. The van der Waals surface area contributed by atoms with Gasteiger partial charge in [-0.05, 0) is 102 Å².